The molecule has 2 aromatic rings. The number of aromatic nitrogens is 2. The van der Waals surface area contributed by atoms with E-state index in [4.69, 9.17) is 5.73 Å². The van der Waals surface area contributed by atoms with E-state index >= 15 is 0 Å². The number of nitrogens with zero attached hydrogens (tertiary/aromatic N) is 2. The fraction of sp³-hybridized carbons (Fsp3) is 0.538. The quantitative estimate of drug-likeness (QED) is 0.886. The van der Waals surface area contributed by atoms with Crippen molar-refractivity contribution < 1.29 is 4.79 Å². The Morgan fingerprint density at radius 1 is 1.47 bits per heavy atom. The minimum Gasteiger partial charge on any atom is -0.397 e. The van der Waals surface area contributed by atoms with Gasteiger partial charge in [-0.3, -0.25) is 9.48 Å². The Kier molecular flexibility index (Phi) is 3.30. The highest BCUT2D eigenvalue weighted by Crippen LogP contribution is 2.35. The van der Waals surface area contributed by atoms with Crippen LogP contribution in [-0.2, 0) is 7.05 Å². The van der Waals surface area contributed by atoms with Crippen molar-refractivity contribution in [3.63, 3.8) is 0 Å². The summed E-state index contributed by atoms with van der Waals surface area (Å²) in [4.78, 5) is 13.7. The van der Waals surface area contributed by atoms with Gasteiger partial charge in [0.25, 0.3) is 5.91 Å². The van der Waals surface area contributed by atoms with Crippen LogP contribution in [0.1, 0.15) is 36.1 Å². The largest absolute Gasteiger partial charge is 0.397 e. The number of hydrogen-bond acceptors (Lipinski definition) is 4. The Balaban J connectivity index is 2.33. The van der Waals surface area contributed by atoms with Crippen molar-refractivity contribution in [1.82, 2.24) is 15.1 Å². The summed E-state index contributed by atoms with van der Waals surface area (Å²) in [6, 6.07) is 0. The van der Waals surface area contributed by atoms with E-state index in [0.29, 0.717) is 17.1 Å². The van der Waals surface area contributed by atoms with Gasteiger partial charge in [0.2, 0.25) is 0 Å². The molecule has 0 atom stereocenters. The van der Waals surface area contributed by atoms with Gasteiger partial charge in [0.15, 0.2) is 0 Å². The lowest BCUT2D eigenvalue weighted by atomic mass is 9.97. The van der Waals surface area contributed by atoms with E-state index in [2.05, 4.69) is 31.2 Å². The number of thiophene rings is 1. The molecule has 0 bridgehead atoms. The van der Waals surface area contributed by atoms with Crippen LogP contribution in [0.5, 0.6) is 0 Å². The summed E-state index contributed by atoms with van der Waals surface area (Å²) in [7, 11) is 1.86. The highest BCUT2D eigenvalue weighted by molar-refractivity contribution is 7.21. The molecule has 0 aromatic carbocycles. The molecule has 2 aromatic heterocycles. The average Bonchev–Trinajstić information content (AvgIpc) is 2.75. The Labute approximate surface area is 116 Å². The van der Waals surface area contributed by atoms with Crippen LogP contribution < -0.4 is 11.1 Å². The van der Waals surface area contributed by atoms with Gasteiger partial charge in [-0.1, -0.05) is 20.8 Å². The first-order valence-electron chi connectivity index (χ1n) is 6.20. The van der Waals surface area contributed by atoms with Crippen molar-refractivity contribution in [3.8, 4) is 0 Å². The molecule has 0 saturated carbocycles. The Morgan fingerprint density at radius 3 is 2.63 bits per heavy atom. The van der Waals surface area contributed by atoms with Crippen LogP contribution in [0.15, 0.2) is 0 Å². The molecule has 3 N–H and O–H groups in total. The molecule has 0 spiro atoms. The number of carbonyl (C=O) groups is 1. The van der Waals surface area contributed by atoms with Gasteiger partial charge in [0.05, 0.1) is 16.8 Å². The van der Waals surface area contributed by atoms with Crippen molar-refractivity contribution >= 4 is 33.1 Å². The standard InChI is InChI=1S/C13H20N4OS/c1-7-8-9(14)10(19-12(8)17(5)16-7)11(18)15-6-13(2,3)4/h6,14H2,1-5H3,(H,15,18). The third-order valence-electron chi connectivity index (χ3n) is 2.87. The Hall–Kier alpha value is -1.56. The predicted octanol–water partition coefficient (Wildman–Crippen LogP) is 2.30. The van der Waals surface area contributed by atoms with Crippen molar-refractivity contribution in [2.75, 3.05) is 12.3 Å². The Morgan fingerprint density at radius 2 is 2.11 bits per heavy atom. The smallest absolute Gasteiger partial charge is 0.263 e. The summed E-state index contributed by atoms with van der Waals surface area (Å²) in [6.07, 6.45) is 0. The fourth-order valence-electron chi connectivity index (χ4n) is 1.92. The molecule has 2 rings (SSSR count). The highest BCUT2D eigenvalue weighted by Gasteiger charge is 2.21. The molecule has 1 amide bonds. The maximum Gasteiger partial charge on any atom is 0.263 e. The monoisotopic (exact) mass is 280 g/mol. The number of aryl methyl sites for hydroxylation is 2. The topological polar surface area (TPSA) is 72.9 Å². The molecule has 6 heteroatoms. The molecule has 0 aliphatic heterocycles. The van der Waals surface area contributed by atoms with E-state index in [1.165, 1.54) is 11.3 Å². The number of fused-ring (bicyclic) bond motifs is 1. The molecular formula is C13H20N4OS. The van der Waals surface area contributed by atoms with E-state index < -0.39 is 0 Å². The average molecular weight is 280 g/mol. The number of nitrogens with two attached hydrogens (primary N) is 1. The molecule has 0 aliphatic carbocycles. The second kappa shape index (κ2) is 4.52. The maximum atomic E-state index is 12.2. The highest BCUT2D eigenvalue weighted by atomic mass is 32.1. The Bertz CT molecular complexity index is 633. The van der Waals surface area contributed by atoms with E-state index in [0.717, 1.165) is 15.9 Å². The zero-order valence-corrected chi connectivity index (χ0v) is 12.8. The van der Waals surface area contributed by atoms with Gasteiger partial charge in [0.1, 0.15) is 9.71 Å². The van der Waals surface area contributed by atoms with Crippen molar-refractivity contribution in [1.29, 1.82) is 0 Å². The third-order valence-corrected chi connectivity index (χ3v) is 4.14. The van der Waals surface area contributed by atoms with E-state index in [-0.39, 0.29) is 11.3 Å². The summed E-state index contributed by atoms with van der Waals surface area (Å²) in [5.41, 5.74) is 7.54. The van der Waals surface area contributed by atoms with Crippen LogP contribution in [0.2, 0.25) is 0 Å². The van der Waals surface area contributed by atoms with E-state index in [9.17, 15) is 4.79 Å². The number of amides is 1. The first-order chi connectivity index (χ1) is 8.70. The maximum absolute atomic E-state index is 12.2. The van der Waals surface area contributed by atoms with Gasteiger partial charge in [-0.15, -0.1) is 11.3 Å². The molecule has 0 saturated heterocycles. The summed E-state index contributed by atoms with van der Waals surface area (Å²) < 4.78 is 1.77. The molecule has 0 fully saturated rings. The first kappa shape index (κ1) is 13.9. The van der Waals surface area contributed by atoms with Crippen LogP contribution in [0, 0.1) is 12.3 Å². The van der Waals surface area contributed by atoms with Crippen LogP contribution in [0.3, 0.4) is 0 Å². The van der Waals surface area contributed by atoms with Crippen LogP contribution in [-0.4, -0.2) is 22.2 Å². The lowest BCUT2D eigenvalue weighted by Crippen LogP contribution is -2.32. The van der Waals surface area contributed by atoms with E-state index in [1.807, 2.05) is 14.0 Å². The second-order valence-corrected chi connectivity index (χ2v) is 6.98. The molecule has 104 valence electrons. The van der Waals surface area contributed by atoms with Crippen LogP contribution >= 0.6 is 11.3 Å². The van der Waals surface area contributed by atoms with Crippen LogP contribution in [0.25, 0.3) is 10.2 Å². The minimum absolute atomic E-state index is 0.0541. The van der Waals surface area contributed by atoms with Gasteiger partial charge in [-0.05, 0) is 12.3 Å². The van der Waals surface area contributed by atoms with Gasteiger partial charge in [0, 0.05) is 13.6 Å². The lowest BCUT2D eigenvalue weighted by Gasteiger charge is -2.18. The second-order valence-electron chi connectivity index (χ2n) is 5.98. The summed E-state index contributed by atoms with van der Waals surface area (Å²) in [6.45, 7) is 8.76. The molecular weight excluding hydrogens is 260 g/mol. The summed E-state index contributed by atoms with van der Waals surface area (Å²) >= 11 is 1.39. The SMILES string of the molecule is Cc1nn(C)c2sc(C(=O)NCC(C)(C)C)c(N)c12. The number of nitrogens with one attached hydrogen (secondary N) is 1. The third kappa shape index (κ3) is 2.58. The first-order valence-corrected chi connectivity index (χ1v) is 7.02. The molecule has 0 radical (unpaired) electrons. The lowest BCUT2D eigenvalue weighted by molar-refractivity contribution is 0.0944. The number of nitrogen functional groups attached to an aromatic ring is 1. The number of carbonyl (C=O) groups excluding carboxylic acids is 1. The summed E-state index contributed by atoms with van der Waals surface area (Å²) in [5, 5.41) is 8.14. The van der Waals surface area contributed by atoms with Crippen molar-refractivity contribution in [2.45, 2.75) is 27.7 Å². The molecule has 0 aliphatic rings. The zero-order valence-electron chi connectivity index (χ0n) is 12.0. The molecule has 19 heavy (non-hydrogen) atoms. The zero-order chi connectivity index (χ0) is 14.4. The predicted molar refractivity (Wildman–Crippen MR) is 79.5 cm³/mol. The van der Waals surface area contributed by atoms with Crippen molar-refractivity contribution in [2.24, 2.45) is 12.5 Å². The van der Waals surface area contributed by atoms with Crippen LogP contribution in [0.4, 0.5) is 5.69 Å². The fourth-order valence-corrected chi connectivity index (χ4v) is 3.03. The molecule has 2 heterocycles. The molecule has 5 nitrogen and oxygen atoms in total. The number of anilines is 1. The number of rotatable bonds is 2. The number of hydrogen-bond donors (Lipinski definition) is 2. The van der Waals surface area contributed by atoms with Gasteiger partial charge in [-0.25, -0.2) is 0 Å². The molecule has 0 unspecified atom stereocenters. The van der Waals surface area contributed by atoms with Gasteiger partial charge >= 0.3 is 0 Å². The van der Waals surface area contributed by atoms with Gasteiger partial charge < -0.3 is 11.1 Å². The normalized spacial score (nSPS) is 12.1. The van der Waals surface area contributed by atoms with E-state index in [1.54, 1.807) is 4.68 Å². The summed E-state index contributed by atoms with van der Waals surface area (Å²) in [5.74, 6) is -0.104. The van der Waals surface area contributed by atoms with Gasteiger partial charge in [-0.2, -0.15) is 5.10 Å². The van der Waals surface area contributed by atoms with Crippen molar-refractivity contribution in [3.05, 3.63) is 10.6 Å². The minimum atomic E-state index is -0.104.